The highest BCUT2D eigenvalue weighted by atomic mass is 16.1. The fourth-order valence-corrected chi connectivity index (χ4v) is 2.76. The summed E-state index contributed by atoms with van der Waals surface area (Å²) < 4.78 is 1.42. The molecule has 2 aromatic heterocycles. The van der Waals surface area contributed by atoms with E-state index in [1.165, 1.54) is 17.2 Å². The molecule has 1 aliphatic rings. The summed E-state index contributed by atoms with van der Waals surface area (Å²) >= 11 is 0. The maximum absolute atomic E-state index is 11.4. The summed E-state index contributed by atoms with van der Waals surface area (Å²) in [6.07, 6.45) is 3.98. The molecule has 108 valence electrons. The number of nitrogens with one attached hydrogen (secondary N) is 2. The quantitative estimate of drug-likeness (QED) is 0.836. The molecule has 1 atom stereocenters. The van der Waals surface area contributed by atoms with Gasteiger partial charge in [0.05, 0.1) is 0 Å². The number of rotatable bonds is 4. The normalized spacial score (nSPS) is 19.6. The maximum atomic E-state index is 11.4. The molecular weight excluding hydrogens is 256 g/mol. The van der Waals surface area contributed by atoms with Gasteiger partial charge in [0.15, 0.2) is 5.65 Å². The van der Waals surface area contributed by atoms with E-state index in [0.29, 0.717) is 11.6 Å². The van der Waals surface area contributed by atoms with Crippen molar-refractivity contribution >= 4 is 11.5 Å². The Labute approximate surface area is 117 Å². The highest BCUT2D eigenvalue weighted by Gasteiger charge is 2.21. The van der Waals surface area contributed by atoms with Crippen molar-refractivity contribution in [1.82, 2.24) is 24.9 Å². The van der Waals surface area contributed by atoms with Crippen molar-refractivity contribution in [2.24, 2.45) is 5.92 Å². The van der Waals surface area contributed by atoms with Crippen LogP contribution in [0.4, 0.5) is 5.82 Å². The highest BCUT2D eigenvalue weighted by molar-refractivity contribution is 5.50. The Balaban J connectivity index is 1.77. The second-order valence-electron chi connectivity index (χ2n) is 5.27. The number of nitrogens with zero attached hydrogens (tertiary/aromatic N) is 4. The van der Waals surface area contributed by atoms with Crippen molar-refractivity contribution in [2.45, 2.75) is 19.8 Å². The smallest absolute Gasteiger partial charge is 0.348 e. The van der Waals surface area contributed by atoms with Crippen molar-refractivity contribution in [2.75, 3.05) is 31.1 Å². The molecule has 0 aliphatic carbocycles. The van der Waals surface area contributed by atoms with Crippen molar-refractivity contribution in [3.63, 3.8) is 0 Å². The first-order chi connectivity index (χ1) is 9.78. The summed E-state index contributed by atoms with van der Waals surface area (Å²) in [5.41, 5.74) is 0.372. The Kier molecular flexibility index (Phi) is 3.68. The minimum atomic E-state index is -0.247. The molecule has 1 aliphatic heterocycles. The van der Waals surface area contributed by atoms with Gasteiger partial charge in [0.1, 0.15) is 12.1 Å². The lowest BCUT2D eigenvalue weighted by molar-refractivity contribution is 0.394. The van der Waals surface area contributed by atoms with Gasteiger partial charge in [-0.3, -0.25) is 0 Å². The van der Waals surface area contributed by atoms with Crippen LogP contribution in [0.3, 0.4) is 0 Å². The van der Waals surface area contributed by atoms with Gasteiger partial charge in [-0.1, -0.05) is 6.92 Å². The summed E-state index contributed by atoms with van der Waals surface area (Å²) in [6.45, 7) is 6.21. The number of anilines is 1. The molecule has 1 saturated heterocycles. The molecule has 3 rings (SSSR count). The van der Waals surface area contributed by atoms with Crippen molar-refractivity contribution in [1.29, 1.82) is 0 Å². The number of H-pyrrole nitrogens is 1. The minimum Gasteiger partial charge on any atom is -0.356 e. The molecule has 20 heavy (non-hydrogen) atoms. The van der Waals surface area contributed by atoms with Crippen LogP contribution in [0, 0.1) is 5.92 Å². The van der Waals surface area contributed by atoms with E-state index in [1.54, 1.807) is 6.33 Å². The first-order valence-electron chi connectivity index (χ1n) is 7.16. The van der Waals surface area contributed by atoms with Crippen LogP contribution in [-0.4, -0.2) is 45.8 Å². The van der Waals surface area contributed by atoms with Crippen molar-refractivity contribution in [3.8, 4) is 0 Å². The molecule has 7 heteroatoms. The van der Waals surface area contributed by atoms with Crippen LogP contribution in [0.25, 0.3) is 5.65 Å². The second-order valence-corrected chi connectivity index (χ2v) is 5.27. The number of aromatic amines is 1. The molecule has 3 heterocycles. The first-order valence-corrected chi connectivity index (χ1v) is 7.16. The summed E-state index contributed by atoms with van der Waals surface area (Å²) in [6, 6.07) is 1.87. The molecule has 2 aromatic rings. The number of fused-ring (bicyclic) bond motifs is 1. The Bertz CT molecular complexity index is 633. The molecule has 2 N–H and O–H groups in total. The van der Waals surface area contributed by atoms with Crippen molar-refractivity contribution in [3.05, 3.63) is 22.9 Å². The van der Waals surface area contributed by atoms with Gasteiger partial charge in [-0.2, -0.15) is 5.10 Å². The number of aromatic nitrogens is 4. The highest BCUT2D eigenvalue weighted by Crippen LogP contribution is 2.21. The van der Waals surface area contributed by atoms with Crippen LogP contribution in [0.15, 0.2) is 17.2 Å². The summed E-state index contributed by atoms with van der Waals surface area (Å²) in [5, 5.41) is 9.83. The van der Waals surface area contributed by atoms with Gasteiger partial charge in [0, 0.05) is 19.2 Å². The van der Waals surface area contributed by atoms with Gasteiger partial charge >= 0.3 is 5.69 Å². The molecule has 0 spiro atoms. The van der Waals surface area contributed by atoms with Gasteiger partial charge in [-0.25, -0.2) is 19.3 Å². The van der Waals surface area contributed by atoms with Gasteiger partial charge in [0.25, 0.3) is 0 Å². The van der Waals surface area contributed by atoms with Gasteiger partial charge < -0.3 is 10.2 Å². The SMILES string of the molecule is CCNCC1CCCN(c2cc3n[nH]c(=O)n3cn2)C1. The van der Waals surface area contributed by atoms with E-state index < -0.39 is 0 Å². The van der Waals surface area contributed by atoms with E-state index in [0.717, 1.165) is 32.0 Å². The Hall–Kier alpha value is -1.89. The molecule has 0 bridgehead atoms. The van der Waals surface area contributed by atoms with Gasteiger partial charge in [0.2, 0.25) is 0 Å². The van der Waals surface area contributed by atoms with Crippen LogP contribution in [0.5, 0.6) is 0 Å². The minimum absolute atomic E-state index is 0.247. The van der Waals surface area contributed by atoms with Crippen molar-refractivity contribution < 1.29 is 0 Å². The lowest BCUT2D eigenvalue weighted by atomic mass is 9.98. The van der Waals surface area contributed by atoms with Gasteiger partial charge in [-0.15, -0.1) is 0 Å². The molecule has 1 fully saturated rings. The number of hydrogen-bond acceptors (Lipinski definition) is 5. The Morgan fingerprint density at radius 1 is 1.55 bits per heavy atom. The Morgan fingerprint density at radius 2 is 2.45 bits per heavy atom. The van der Waals surface area contributed by atoms with E-state index in [1.807, 2.05) is 6.07 Å². The standard InChI is InChI=1S/C13H20N6O/c1-2-14-7-10-4-3-5-18(8-10)11-6-12-16-17-13(20)19(12)9-15-11/h6,9-10,14H,2-5,7-8H2,1H3,(H,17,20). The fourth-order valence-electron chi connectivity index (χ4n) is 2.76. The van der Waals surface area contributed by atoms with Crippen LogP contribution in [-0.2, 0) is 0 Å². The van der Waals surface area contributed by atoms with Crippen LogP contribution >= 0.6 is 0 Å². The largest absolute Gasteiger partial charge is 0.356 e. The number of piperidine rings is 1. The zero-order chi connectivity index (χ0) is 13.9. The summed E-state index contributed by atoms with van der Waals surface area (Å²) in [7, 11) is 0. The molecular formula is C13H20N6O. The topological polar surface area (TPSA) is 78.3 Å². The molecule has 0 aromatic carbocycles. The lowest BCUT2D eigenvalue weighted by Crippen LogP contribution is -2.40. The zero-order valence-electron chi connectivity index (χ0n) is 11.7. The third-order valence-electron chi connectivity index (χ3n) is 3.82. The third kappa shape index (κ3) is 2.53. The molecule has 1 unspecified atom stereocenters. The third-order valence-corrected chi connectivity index (χ3v) is 3.82. The molecule has 0 radical (unpaired) electrons. The van der Waals surface area contributed by atoms with E-state index >= 15 is 0 Å². The molecule has 0 amide bonds. The lowest BCUT2D eigenvalue weighted by Gasteiger charge is -2.33. The zero-order valence-corrected chi connectivity index (χ0v) is 11.7. The predicted octanol–water partition coefficient (Wildman–Crippen LogP) is 0.244. The predicted molar refractivity (Wildman–Crippen MR) is 77.1 cm³/mol. The number of hydrogen-bond donors (Lipinski definition) is 2. The fraction of sp³-hybridized carbons (Fsp3) is 0.615. The average molecular weight is 276 g/mol. The van der Waals surface area contributed by atoms with Gasteiger partial charge in [-0.05, 0) is 31.8 Å². The Morgan fingerprint density at radius 3 is 3.30 bits per heavy atom. The summed E-state index contributed by atoms with van der Waals surface area (Å²) in [5.74, 6) is 1.56. The van der Waals surface area contributed by atoms with Crippen LogP contribution in [0.2, 0.25) is 0 Å². The van der Waals surface area contributed by atoms with Crippen LogP contribution in [0.1, 0.15) is 19.8 Å². The van der Waals surface area contributed by atoms with Crippen LogP contribution < -0.4 is 15.9 Å². The summed E-state index contributed by atoms with van der Waals surface area (Å²) in [4.78, 5) is 18.1. The maximum Gasteiger partial charge on any atom is 0.348 e. The first kappa shape index (κ1) is 13.1. The van der Waals surface area contributed by atoms with E-state index in [2.05, 4.69) is 32.3 Å². The molecule has 7 nitrogen and oxygen atoms in total. The van der Waals surface area contributed by atoms with E-state index in [-0.39, 0.29) is 5.69 Å². The van der Waals surface area contributed by atoms with E-state index in [4.69, 9.17) is 0 Å². The molecule has 0 saturated carbocycles. The van der Waals surface area contributed by atoms with E-state index in [9.17, 15) is 4.79 Å². The average Bonchev–Trinajstić information content (AvgIpc) is 2.86. The monoisotopic (exact) mass is 276 g/mol. The second kappa shape index (κ2) is 5.62.